The number of thiocarbonyl (C=S) groups is 1. The normalized spacial score (nSPS) is 14.1. The first-order chi connectivity index (χ1) is 10.6. The summed E-state index contributed by atoms with van der Waals surface area (Å²) in [7, 11) is -3.56. The highest BCUT2D eigenvalue weighted by atomic mass is 32.2. The number of para-hydroxylation sites is 1. The Kier molecular flexibility index (Phi) is 4.07. The van der Waals surface area contributed by atoms with Crippen LogP contribution in [0.5, 0.6) is 0 Å². The van der Waals surface area contributed by atoms with Gasteiger partial charge in [-0.15, -0.1) is 0 Å². The predicted octanol–water partition coefficient (Wildman–Crippen LogP) is 3.56. The van der Waals surface area contributed by atoms with Crippen molar-refractivity contribution in [1.82, 2.24) is 0 Å². The fourth-order valence-corrected chi connectivity index (χ4v) is 4.27. The number of sulfonamides is 1. The quantitative estimate of drug-likeness (QED) is 0.638. The van der Waals surface area contributed by atoms with E-state index in [1.54, 1.807) is 24.3 Å². The second kappa shape index (κ2) is 6.01. The molecule has 0 spiro atoms. The maximum Gasteiger partial charge on any atom is 0.264 e. The van der Waals surface area contributed by atoms with E-state index >= 15 is 0 Å². The molecule has 0 fully saturated rings. The highest BCUT2D eigenvalue weighted by Crippen LogP contribution is 2.32. The number of aliphatic imine (C=N–C) groups is 1. The highest BCUT2D eigenvalue weighted by molar-refractivity contribution is 7.92. The number of fused-ring (bicyclic) bond motifs is 1. The fraction of sp³-hybridized carbons (Fsp3) is 0.188. The van der Waals surface area contributed by atoms with Gasteiger partial charge in [0.15, 0.2) is 0 Å². The number of anilines is 1. The minimum absolute atomic E-state index is 0.257. The number of hydrogen-bond donors (Lipinski definition) is 0. The summed E-state index contributed by atoms with van der Waals surface area (Å²) < 4.78 is 27.2. The van der Waals surface area contributed by atoms with Crippen LogP contribution in [0.15, 0.2) is 58.4 Å². The van der Waals surface area contributed by atoms with Crippen LogP contribution in [0.25, 0.3) is 0 Å². The van der Waals surface area contributed by atoms with Crippen LogP contribution < -0.4 is 4.31 Å². The molecule has 22 heavy (non-hydrogen) atoms. The Balaban J connectivity index is 2.02. The average molecular weight is 330 g/mol. The van der Waals surface area contributed by atoms with Gasteiger partial charge in [0, 0.05) is 6.54 Å². The largest absolute Gasteiger partial charge is 0.266 e. The lowest BCUT2D eigenvalue weighted by atomic mass is 10.0. The zero-order valence-electron chi connectivity index (χ0n) is 11.8. The van der Waals surface area contributed by atoms with Gasteiger partial charge in [-0.1, -0.05) is 18.2 Å². The second-order valence-electron chi connectivity index (χ2n) is 5.01. The summed E-state index contributed by atoms with van der Waals surface area (Å²) in [4.78, 5) is 4.09. The van der Waals surface area contributed by atoms with Crippen LogP contribution in [-0.4, -0.2) is 20.1 Å². The Hall–Kier alpha value is -2.01. The first kappa shape index (κ1) is 14.9. The molecule has 1 aliphatic rings. The van der Waals surface area contributed by atoms with Gasteiger partial charge in [0.25, 0.3) is 10.0 Å². The first-order valence-electron chi connectivity index (χ1n) is 6.91. The fourth-order valence-electron chi connectivity index (χ4n) is 2.62. The predicted molar refractivity (Wildman–Crippen MR) is 90.4 cm³/mol. The third-order valence-corrected chi connectivity index (χ3v) is 5.59. The molecule has 0 aromatic heterocycles. The van der Waals surface area contributed by atoms with Gasteiger partial charge in [-0.3, -0.25) is 4.31 Å². The first-order valence-corrected chi connectivity index (χ1v) is 8.76. The van der Waals surface area contributed by atoms with Crippen molar-refractivity contribution in [3.63, 3.8) is 0 Å². The number of hydrogen-bond acceptors (Lipinski definition) is 4. The lowest BCUT2D eigenvalue weighted by Crippen LogP contribution is -2.35. The van der Waals surface area contributed by atoms with Crippen LogP contribution in [0, 0.1) is 0 Å². The molecule has 0 N–H and O–H groups in total. The van der Waals surface area contributed by atoms with Gasteiger partial charge in [0.2, 0.25) is 0 Å². The summed E-state index contributed by atoms with van der Waals surface area (Å²) in [5.74, 6) is 0. The molecule has 4 nitrogen and oxygen atoms in total. The van der Waals surface area contributed by atoms with E-state index < -0.39 is 10.0 Å². The Morgan fingerprint density at radius 3 is 2.55 bits per heavy atom. The third kappa shape index (κ3) is 2.68. The minimum atomic E-state index is -3.56. The van der Waals surface area contributed by atoms with Crippen molar-refractivity contribution in [2.75, 3.05) is 10.8 Å². The van der Waals surface area contributed by atoms with E-state index in [0.29, 0.717) is 12.2 Å². The maximum absolute atomic E-state index is 12.9. The van der Waals surface area contributed by atoms with Crippen LogP contribution >= 0.6 is 12.2 Å². The summed E-state index contributed by atoms with van der Waals surface area (Å²) in [6, 6.07) is 14.0. The topological polar surface area (TPSA) is 49.7 Å². The number of rotatable bonds is 3. The summed E-state index contributed by atoms with van der Waals surface area (Å²) in [5.41, 5.74) is 2.43. The molecular weight excluding hydrogens is 316 g/mol. The molecule has 0 saturated heterocycles. The molecule has 0 aliphatic carbocycles. The van der Waals surface area contributed by atoms with Crippen molar-refractivity contribution in [2.45, 2.75) is 17.7 Å². The SMILES string of the molecule is O=S(=O)(c1ccc(N=C=S)cc1)N1CCCc2ccccc21. The molecule has 0 amide bonds. The summed E-state index contributed by atoms with van der Waals surface area (Å²) in [5, 5.41) is 2.27. The zero-order valence-corrected chi connectivity index (χ0v) is 13.4. The van der Waals surface area contributed by atoms with Crippen LogP contribution in [0.3, 0.4) is 0 Å². The highest BCUT2D eigenvalue weighted by Gasteiger charge is 2.28. The van der Waals surface area contributed by atoms with Crippen molar-refractivity contribution in [3.8, 4) is 0 Å². The molecule has 3 rings (SSSR count). The third-order valence-electron chi connectivity index (χ3n) is 3.67. The van der Waals surface area contributed by atoms with Crippen LogP contribution in [0.1, 0.15) is 12.0 Å². The van der Waals surface area contributed by atoms with Gasteiger partial charge in [-0.25, -0.2) is 8.42 Å². The molecule has 1 aliphatic heterocycles. The smallest absolute Gasteiger partial charge is 0.264 e. The standard InChI is InChI=1S/C16H14N2O2S2/c19-22(20,15-9-7-14(8-10-15)17-12-21)18-11-3-5-13-4-1-2-6-16(13)18/h1-2,4,6-10H,3,5,11H2. The van der Waals surface area contributed by atoms with Gasteiger partial charge in [-0.2, -0.15) is 4.99 Å². The van der Waals surface area contributed by atoms with E-state index in [4.69, 9.17) is 0 Å². The molecule has 0 unspecified atom stereocenters. The molecule has 1 heterocycles. The molecule has 2 aromatic rings. The molecule has 112 valence electrons. The van der Waals surface area contributed by atoms with Crippen LogP contribution in [0.4, 0.5) is 11.4 Å². The zero-order chi connectivity index (χ0) is 15.6. The lowest BCUT2D eigenvalue weighted by Gasteiger charge is -2.30. The van der Waals surface area contributed by atoms with Gasteiger partial charge in [0.1, 0.15) is 0 Å². The number of nitrogens with zero attached hydrogens (tertiary/aromatic N) is 2. The number of isothiocyanates is 1. The summed E-state index contributed by atoms with van der Waals surface area (Å²) >= 11 is 4.54. The molecule has 0 saturated carbocycles. The summed E-state index contributed by atoms with van der Waals surface area (Å²) in [6.07, 6.45) is 1.73. The van der Waals surface area contributed by atoms with E-state index in [2.05, 4.69) is 22.4 Å². The Labute approximate surface area is 135 Å². The lowest BCUT2D eigenvalue weighted by molar-refractivity contribution is 0.586. The van der Waals surface area contributed by atoms with E-state index in [1.165, 1.54) is 4.31 Å². The number of aryl methyl sites for hydroxylation is 1. The van der Waals surface area contributed by atoms with Gasteiger partial charge in [-0.05, 0) is 61.0 Å². The van der Waals surface area contributed by atoms with Crippen molar-refractivity contribution in [3.05, 3.63) is 54.1 Å². The molecule has 2 aromatic carbocycles. The van der Waals surface area contributed by atoms with Crippen LogP contribution in [-0.2, 0) is 16.4 Å². The van der Waals surface area contributed by atoms with E-state index in [-0.39, 0.29) is 4.90 Å². The van der Waals surface area contributed by atoms with E-state index in [0.717, 1.165) is 24.1 Å². The Bertz CT molecular complexity index is 839. The molecule has 0 bridgehead atoms. The molecular formula is C16H14N2O2S2. The molecule has 0 atom stereocenters. The Morgan fingerprint density at radius 2 is 1.82 bits per heavy atom. The van der Waals surface area contributed by atoms with Crippen molar-refractivity contribution >= 4 is 38.8 Å². The van der Waals surface area contributed by atoms with Crippen LogP contribution in [0.2, 0.25) is 0 Å². The average Bonchev–Trinajstić information content (AvgIpc) is 2.55. The second-order valence-corrected chi connectivity index (χ2v) is 7.05. The number of benzene rings is 2. The van der Waals surface area contributed by atoms with Crippen molar-refractivity contribution in [1.29, 1.82) is 0 Å². The van der Waals surface area contributed by atoms with E-state index in [1.807, 2.05) is 24.3 Å². The maximum atomic E-state index is 12.9. The van der Waals surface area contributed by atoms with Gasteiger partial charge < -0.3 is 0 Å². The summed E-state index contributed by atoms with van der Waals surface area (Å²) in [6.45, 7) is 0.499. The van der Waals surface area contributed by atoms with E-state index in [9.17, 15) is 8.42 Å². The van der Waals surface area contributed by atoms with Crippen molar-refractivity contribution in [2.24, 2.45) is 4.99 Å². The van der Waals surface area contributed by atoms with Crippen molar-refractivity contribution < 1.29 is 8.42 Å². The van der Waals surface area contributed by atoms with Gasteiger partial charge >= 0.3 is 0 Å². The molecule has 6 heteroatoms. The molecule has 0 radical (unpaired) electrons. The minimum Gasteiger partial charge on any atom is -0.266 e. The van der Waals surface area contributed by atoms with Gasteiger partial charge in [0.05, 0.1) is 21.4 Å². The Morgan fingerprint density at radius 1 is 1.09 bits per heavy atom. The monoisotopic (exact) mass is 330 g/mol.